The summed E-state index contributed by atoms with van der Waals surface area (Å²) in [7, 11) is 1.32. The number of hydrogen-bond donors (Lipinski definition) is 0. The maximum absolute atomic E-state index is 13.3. The second-order valence-electron chi connectivity index (χ2n) is 6.60. The maximum Gasteiger partial charge on any atom is 0.372 e. The molecule has 30 heavy (non-hydrogen) atoms. The maximum atomic E-state index is 13.3. The van der Waals surface area contributed by atoms with Crippen LogP contribution < -0.4 is 4.57 Å². The van der Waals surface area contributed by atoms with E-state index in [1.54, 1.807) is 13.0 Å². The van der Waals surface area contributed by atoms with Crippen molar-refractivity contribution in [1.82, 2.24) is 4.98 Å². The first kappa shape index (κ1) is 19.8. The standard InChI is InChI=1S/C24H19N2O3S/c1-16-20(23(28)29-2)21(18-13-7-4-8-14-18)26-22(27)19(30-24(26)25-16)15-9-12-17-10-5-3-6-11-17/h3-15H,1-2H3/q+1. The van der Waals surface area contributed by atoms with Crippen molar-refractivity contribution in [2.45, 2.75) is 12.1 Å². The lowest BCUT2D eigenvalue weighted by molar-refractivity contribution is -0.601. The van der Waals surface area contributed by atoms with Crippen LogP contribution in [0.25, 0.3) is 17.3 Å². The van der Waals surface area contributed by atoms with Crippen LogP contribution in [0.15, 0.2) is 82.9 Å². The molecule has 0 radical (unpaired) electrons. The van der Waals surface area contributed by atoms with Crippen molar-refractivity contribution in [1.29, 1.82) is 0 Å². The molecule has 0 unspecified atom stereocenters. The van der Waals surface area contributed by atoms with Crippen molar-refractivity contribution in [3.63, 3.8) is 0 Å². The van der Waals surface area contributed by atoms with E-state index in [0.29, 0.717) is 27.0 Å². The van der Waals surface area contributed by atoms with Gasteiger partial charge in [-0.25, -0.2) is 9.59 Å². The molecule has 1 aromatic heterocycles. The lowest BCUT2D eigenvalue weighted by atomic mass is 10.0. The summed E-state index contributed by atoms with van der Waals surface area (Å²) < 4.78 is 6.48. The van der Waals surface area contributed by atoms with Crippen LogP contribution in [0.5, 0.6) is 0 Å². The van der Waals surface area contributed by atoms with Gasteiger partial charge in [-0.2, -0.15) is 0 Å². The second kappa shape index (κ2) is 8.47. The number of carbonyl (C=O) groups is 2. The number of aryl methyl sites for hydroxylation is 1. The molecule has 2 heterocycles. The normalized spacial score (nSPS) is 14.3. The molecule has 0 bridgehead atoms. The molecular weight excluding hydrogens is 396 g/mol. The Morgan fingerprint density at radius 1 is 1.07 bits per heavy atom. The van der Waals surface area contributed by atoms with Crippen molar-refractivity contribution in [2.75, 3.05) is 7.11 Å². The Balaban J connectivity index is 1.81. The lowest BCUT2D eigenvalue weighted by Gasteiger charge is -2.09. The first-order valence-corrected chi connectivity index (χ1v) is 10.2. The molecule has 0 saturated heterocycles. The number of rotatable bonds is 4. The molecule has 1 aliphatic rings. The van der Waals surface area contributed by atoms with Crippen LogP contribution in [-0.4, -0.2) is 24.0 Å². The van der Waals surface area contributed by atoms with E-state index < -0.39 is 5.97 Å². The molecule has 0 amide bonds. The highest BCUT2D eigenvalue weighted by Gasteiger charge is 2.41. The third-order valence-electron chi connectivity index (χ3n) is 4.66. The molecule has 3 aromatic rings. The molecule has 0 N–H and O–H groups in total. The summed E-state index contributed by atoms with van der Waals surface area (Å²) in [6.45, 7) is 1.75. The SMILES string of the molecule is COC(=O)c1c(C)nc2[n+](c1-c1ccccc1)C(=O)C(=CC=Cc1ccccc1)S2. The Kier molecular flexibility index (Phi) is 5.59. The molecular formula is C24H19N2O3S+. The monoisotopic (exact) mass is 415 g/mol. The molecule has 1 aliphatic heterocycles. The van der Waals surface area contributed by atoms with Crippen molar-refractivity contribution in [3.05, 3.63) is 94.5 Å². The Morgan fingerprint density at radius 2 is 1.73 bits per heavy atom. The third-order valence-corrected chi connectivity index (χ3v) is 5.65. The van der Waals surface area contributed by atoms with Crippen LogP contribution in [-0.2, 0) is 4.74 Å². The fourth-order valence-corrected chi connectivity index (χ4v) is 4.24. The van der Waals surface area contributed by atoms with Gasteiger partial charge in [0.15, 0.2) is 17.0 Å². The number of benzene rings is 2. The van der Waals surface area contributed by atoms with Crippen LogP contribution >= 0.6 is 11.8 Å². The van der Waals surface area contributed by atoms with E-state index in [9.17, 15) is 9.59 Å². The predicted octanol–water partition coefficient (Wildman–Crippen LogP) is 4.47. The summed E-state index contributed by atoms with van der Waals surface area (Å²) in [6.07, 6.45) is 5.56. The summed E-state index contributed by atoms with van der Waals surface area (Å²) in [4.78, 5) is 30.8. The number of esters is 1. The van der Waals surface area contributed by atoms with Gasteiger partial charge in [-0.15, -0.1) is 4.57 Å². The number of thioether (sulfide) groups is 1. The minimum atomic E-state index is -0.520. The van der Waals surface area contributed by atoms with Crippen LogP contribution in [0.2, 0.25) is 0 Å². The number of allylic oxidation sites excluding steroid dienone is 3. The first-order chi connectivity index (χ1) is 14.6. The van der Waals surface area contributed by atoms with Gasteiger partial charge in [0.1, 0.15) is 4.91 Å². The van der Waals surface area contributed by atoms with E-state index in [2.05, 4.69) is 4.98 Å². The molecule has 4 rings (SSSR count). The first-order valence-electron chi connectivity index (χ1n) is 9.36. The van der Waals surface area contributed by atoms with Gasteiger partial charge in [-0.1, -0.05) is 72.8 Å². The summed E-state index contributed by atoms with van der Waals surface area (Å²) >= 11 is 1.29. The minimum Gasteiger partial charge on any atom is -0.465 e. The quantitative estimate of drug-likeness (QED) is 0.272. The number of fused-ring (bicyclic) bond motifs is 1. The molecule has 0 saturated carbocycles. The van der Waals surface area contributed by atoms with Crippen molar-refractivity contribution in [3.8, 4) is 11.3 Å². The van der Waals surface area contributed by atoms with Crippen LogP contribution in [0, 0.1) is 6.92 Å². The van der Waals surface area contributed by atoms with Gasteiger partial charge in [0.05, 0.1) is 7.11 Å². The minimum absolute atomic E-state index is 0.218. The van der Waals surface area contributed by atoms with Gasteiger partial charge >= 0.3 is 17.0 Å². The number of aromatic nitrogens is 2. The van der Waals surface area contributed by atoms with Gasteiger partial charge in [-0.05, 0) is 16.6 Å². The van der Waals surface area contributed by atoms with Crippen molar-refractivity contribution >= 4 is 29.7 Å². The second-order valence-corrected chi connectivity index (χ2v) is 7.61. The Labute approximate surface area is 178 Å². The van der Waals surface area contributed by atoms with Gasteiger partial charge in [0, 0.05) is 24.2 Å². The number of hydrogen-bond acceptors (Lipinski definition) is 5. The smallest absolute Gasteiger partial charge is 0.372 e. The largest absolute Gasteiger partial charge is 0.465 e. The van der Waals surface area contributed by atoms with E-state index in [4.69, 9.17) is 4.74 Å². The topological polar surface area (TPSA) is 60.1 Å². The van der Waals surface area contributed by atoms with Gasteiger partial charge in [-0.3, -0.25) is 0 Å². The lowest BCUT2D eigenvalue weighted by Crippen LogP contribution is -2.45. The van der Waals surface area contributed by atoms with Crippen molar-refractivity contribution in [2.24, 2.45) is 0 Å². The molecule has 0 spiro atoms. The average Bonchev–Trinajstić information content (AvgIpc) is 3.08. The van der Waals surface area contributed by atoms with Crippen LogP contribution in [0.3, 0.4) is 0 Å². The Morgan fingerprint density at radius 3 is 2.40 bits per heavy atom. The Hall–Kier alpha value is -3.51. The highest BCUT2D eigenvalue weighted by atomic mass is 32.2. The zero-order valence-corrected chi connectivity index (χ0v) is 17.3. The van der Waals surface area contributed by atoms with E-state index in [-0.39, 0.29) is 5.91 Å². The van der Waals surface area contributed by atoms with Gasteiger partial charge in [0.2, 0.25) is 0 Å². The van der Waals surface area contributed by atoms with E-state index in [0.717, 1.165) is 11.1 Å². The fourth-order valence-electron chi connectivity index (χ4n) is 3.27. The molecule has 6 heteroatoms. The van der Waals surface area contributed by atoms with Crippen molar-refractivity contribution < 1.29 is 18.9 Å². The van der Waals surface area contributed by atoms with Gasteiger partial charge < -0.3 is 4.74 Å². The number of methoxy groups -OCH3 is 1. The van der Waals surface area contributed by atoms with E-state index in [1.807, 2.05) is 72.8 Å². The van der Waals surface area contributed by atoms with Crippen LogP contribution in [0.1, 0.15) is 26.4 Å². The number of nitrogens with zero attached hydrogens (tertiary/aromatic N) is 2. The highest BCUT2D eigenvalue weighted by molar-refractivity contribution is 8.04. The molecule has 0 atom stereocenters. The van der Waals surface area contributed by atoms with Crippen LogP contribution in [0.4, 0.5) is 0 Å². The summed E-state index contributed by atoms with van der Waals surface area (Å²) in [5.41, 5.74) is 3.11. The van der Waals surface area contributed by atoms with Gasteiger partial charge in [0.25, 0.3) is 0 Å². The molecule has 2 aromatic carbocycles. The number of ether oxygens (including phenoxy) is 1. The summed E-state index contributed by atoms with van der Waals surface area (Å²) in [6, 6.07) is 19.2. The average molecular weight is 415 g/mol. The zero-order chi connectivity index (χ0) is 21.1. The Bertz CT molecular complexity index is 1190. The predicted molar refractivity (Wildman–Crippen MR) is 116 cm³/mol. The molecule has 0 aliphatic carbocycles. The fraction of sp³-hybridized carbons (Fsp3) is 0.0833. The van der Waals surface area contributed by atoms with E-state index in [1.165, 1.54) is 23.4 Å². The zero-order valence-electron chi connectivity index (χ0n) is 16.5. The highest BCUT2D eigenvalue weighted by Crippen LogP contribution is 2.34. The number of carbonyl (C=O) groups excluding carboxylic acids is 2. The summed E-state index contributed by atoms with van der Waals surface area (Å²) in [5, 5.41) is 0.531. The summed E-state index contributed by atoms with van der Waals surface area (Å²) in [5.74, 6) is -0.738. The molecule has 148 valence electrons. The van der Waals surface area contributed by atoms with E-state index >= 15 is 0 Å². The third kappa shape index (κ3) is 3.69. The molecule has 0 fully saturated rings. The molecule has 5 nitrogen and oxygen atoms in total.